The maximum absolute atomic E-state index is 0. The van der Waals surface area contributed by atoms with E-state index in [2.05, 4.69) is 0 Å². The van der Waals surface area contributed by atoms with Gasteiger partial charge in [-0.3, -0.25) is 0 Å². The van der Waals surface area contributed by atoms with E-state index in [9.17, 15) is 0 Å². The number of hydrogen-bond acceptors (Lipinski definition) is 0. The molecule has 0 aliphatic heterocycles. The molecular formula is H24Cl6Gd2O12. The van der Waals surface area contributed by atoms with E-state index in [1.54, 1.807) is 0 Å². The molecule has 0 saturated carbocycles. The molecule has 20 heteroatoms. The van der Waals surface area contributed by atoms with E-state index in [1.807, 2.05) is 0 Å². The molecule has 0 fully saturated rings. The van der Waals surface area contributed by atoms with Gasteiger partial charge in [0.2, 0.25) is 0 Å². The summed E-state index contributed by atoms with van der Waals surface area (Å²) in [6.45, 7) is 0. The van der Waals surface area contributed by atoms with Crippen LogP contribution in [0.1, 0.15) is 0 Å². The molecule has 0 spiro atoms. The first-order chi connectivity index (χ1) is 0. The maximum Gasteiger partial charge on any atom is 3.00 e. The Hall–Kier alpha value is 3.91. The molecule has 0 unspecified atom stereocenters. The third kappa shape index (κ3) is 627. The van der Waals surface area contributed by atoms with Gasteiger partial charge in [-0.2, -0.15) is 0 Å². The number of hydrogen-bond donors (Lipinski definition) is 0. The molecule has 0 bridgehead atoms. The van der Waals surface area contributed by atoms with Gasteiger partial charge in [0.05, 0.1) is 0 Å². The van der Waals surface area contributed by atoms with Gasteiger partial charge in [-0.05, 0) is 0 Å². The third-order valence-corrected chi connectivity index (χ3v) is 0. The van der Waals surface area contributed by atoms with Crippen LogP contribution in [0.2, 0.25) is 0 Å². The standard InChI is InChI=1S/6ClH.2Gd.12H2O/h6*1H;;;12*1H2/q;;;;;;2*+3;;;;;;;;;;;;/p-6. The zero-order valence-corrected chi connectivity index (χ0v) is 18.0. The Balaban J connectivity index is 0. The molecule has 0 rings (SSSR count). The fraction of sp³-hybridized carbons (Fsp3) is 0. The number of halogens is 6. The Kier molecular flexibility index (Phi) is 29500. The van der Waals surface area contributed by atoms with Crippen molar-refractivity contribution in [1.29, 1.82) is 0 Å². The van der Waals surface area contributed by atoms with E-state index in [0.717, 1.165) is 0 Å². The average Bonchev–Trinajstić information content (AvgIpc) is 0. The summed E-state index contributed by atoms with van der Waals surface area (Å²) >= 11 is 0. The van der Waals surface area contributed by atoms with E-state index >= 15 is 0 Å². The monoisotopic (exact) mass is 742 g/mol. The van der Waals surface area contributed by atoms with E-state index in [0.29, 0.717) is 0 Å². The summed E-state index contributed by atoms with van der Waals surface area (Å²) < 4.78 is 0. The van der Waals surface area contributed by atoms with Gasteiger partial charge in [-0.25, -0.2) is 0 Å². The van der Waals surface area contributed by atoms with E-state index in [-0.39, 0.29) is 220 Å². The topological polar surface area (TPSA) is 378 Å². The predicted octanol–water partition coefficient (Wildman–Crippen LogP) is -27.9. The zero-order chi connectivity index (χ0) is 0. The van der Waals surface area contributed by atoms with Crippen molar-refractivity contribution in [1.82, 2.24) is 0 Å². The summed E-state index contributed by atoms with van der Waals surface area (Å²) in [7, 11) is 0. The Morgan fingerprint density at radius 1 is 0.150 bits per heavy atom. The summed E-state index contributed by atoms with van der Waals surface area (Å²) in [4.78, 5) is 0. The van der Waals surface area contributed by atoms with Crippen LogP contribution in [-0.2, 0) is 0 Å². The van der Waals surface area contributed by atoms with Crippen LogP contribution >= 0.6 is 0 Å². The number of rotatable bonds is 0. The molecule has 0 aromatic rings. The third-order valence-electron chi connectivity index (χ3n) is 0. The predicted molar refractivity (Wildman–Crippen MR) is 43.4 cm³/mol. The quantitative estimate of drug-likeness (QED) is 0.223. The second-order valence-corrected chi connectivity index (χ2v) is 0. The zero-order valence-electron chi connectivity index (χ0n) is 8.97. The Morgan fingerprint density at radius 2 is 0.150 bits per heavy atom. The maximum atomic E-state index is 0. The minimum atomic E-state index is 0. The average molecular weight is 743 g/mol. The first-order valence-corrected chi connectivity index (χ1v) is 0. The van der Waals surface area contributed by atoms with Gasteiger partial charge in [0.1, 0.15) is 0 Å². The molecule has 0 saturated heterocycles. The van der Waals surface area contributed by atoms with Crippen molar-refractivity contribution in [3.63, 3.8) is 0 Å². The molecule has 0 aromatic heterocycles. The van der Waals surface area contributed by atoms with Crippen molar-refractivity contribution in [2.24, 2.45) is 0 Å². The van der Waals surface area contributed by atoms with Gasteiger partial charge in [-0.1, -0.05) is 0 Å². The van der Waals surface area contributed by atoms with Crippen LogP contribution in [0.25, 0.3) is 0 Å². The summed E-state index contributed by atoms with van der Waals surface area (Å²) in [5.74, 6) is 0. The summed E-state index contributed by atoms with van der Waals surface area (Å²) in [6, 6.07) is 0. The first kappa shape index (κ1) is 821. The summed E-state index contributed by atoms with van der Waals surface area (Å²) in [6.07, 6.45) is 0. The molecule has 2 radical (unpaired) electrons. The minimum Gasteiger partial charge on any atom is -1.00 e. The molecule has 24 N–H and O–H groups in total. The Bertz CT molecular complexity index is 25.9. The molecule has 12 nitrogen and oxygen atoms in total. The van der Waals surface area contributed by atoms with Crippen LogP contribution in [0.5, 0.6) is 0 Å². The van der Waals surface area contributed by atoms with Gasteiger partial charge >= 0.3 is 79.9 Å². The van der Waals surface area contributed by atoms with Crippen LogP contribution in [0.15, 0.2) is 0 Å². The normalized spacial score (nSPS) is 0. The van der Waals surface area contributed by atoms with Crippen LogP contribution in [0, 0.1) is 79.9 Å². The van der Waals surface area contributed by atoms with Crippen LogP contribution in [0.4, 0.5) is 0 Å². The van der Waals surface area contributed by atoms with E-state index < -0.39 is 0 Å². The fourth-order valence-electron chi connectivity index (χ4n) is 0. The van der Waals surface area contributed by atoms with E-state index in [1.165, 1.54) is 0 Å². The van der Waals surface area contributed by atoms with Crippen molar-refractivity contribution >= 4 is 0 Å². The molecule has 0 aromatic carbocycles. The second-order valence-electron chi connectivity index (χ2n) is 0. The van der Waals surface area contributed by atoms with Crippen molar-refractivity contribution < 1.29 is 220 Å². The molecule has 0 aliphatic rings. The van der Waals surface area contributed by atoms with Crippen LogP contribution in [0.3, 0.4) is 0 Å². The molecule has 0 atom stereocenters. The van der Waals surface area contributed by atoms with E-state index in [4.69, 9.17) is 0 Å². The van der Waals surface area contributed by atoms with Crippen molar-refractivity contribution in [2.75, 3.05) is 0 Å². The van der Waals surface area contributed by atoms with Gasteiger partial charge in [0.25, 0.3) is 0 Å². The fourth-order valence-corrected chi connectivity index (χ4v) is 0. The van der Waals surface area contributed by atoms with Crippen molar-refractivity contribution in [2.45, 2.75) is 0 Å². The SMILES string of the molecule is O.O.O.O.O.O.O.O.O.O.O.O.[Cl-].[Cl-].[Cl-].[Cl-].[Cl-].[Cl-].[Gd+3].[Gd+3]. The van der Waals surface area contributed by atoms with Gasteiger partial charge in [0, 0.05) is 0 Å². The van der Waals surface area contributed by atoms with Crippen molar-refractivity contribution in [3.05, 3.63) is 0 Å². The smallest absolute Gasteiger partial charge is 1.00 e. The second kappa shape index (κ2) is 720. The van der Waals surface area contributed by atoms with Crippen LogP contribution in [-0.4, -0.2) is 65.7 Å². The van der Waals surface area contributed by atoms with Gasteiger partial charge < -0.3 is 140 Å². The molecule has 154 valence electrons. The Labute approximate surface area is 216 Å². The van der Waals surface area contributed by atoms with Gasteiger partial charge in [-0.15, -0.1) is 0 Å². The van der Waals surface area contributed by atoms with Crippen molar-refractivity contribution in [3.8, 4) is 0 Å². The molecule has 0 amide bonds. The van der Waals surface area contributed by atoms with Crippen LogP contribution < -0.4 is 74.4 Å². The minimum absolute atomic E-state index is 0. The largest absolute Gasteiger partial charge is 3.00 e. The molecular weight excluding hydrogens is 719 g/mol. The molecule has 0 heterocycles. The summed E-state index contributed by atoms with van der Waals surface area (Å²) in [5.41, 5.74) is 0. The van der Waals surface area contributed by atoms with Gasteiger partial charge in [0.15, 0.2) is 0 Å². The first-order valence-electron chi connectivity index (χ1n) is 0. The summed E-state index contributed by atoms with van der Waals surface area (Å²) in [5, 5.41) is 0. The molecule has 20 heavy (non-hydrogen) atoms. The molecule has 0 aliphatic carbocycles. The Morgan fingerprint density at radius 3 is 0.150 bits per heavy atom.